The predicted molar refractivity (Wildman–Crippen MR) is 70.0 cm³/mol. The Morgan fingerprint density at radius 1 is 1.11 bits per heavy atom. The van der Waals surface area contributed by atoms with Crippen LogP contribution in [-0.4, -0.2) is 26.3 Å². The van der Waals surface area contributed by atoms with Gasteiger partial charge in [-0.25, -0.2) is 4.98 Å². The van der Waals surface area contributed by atoms with E-state index in [1.807, 2.05) is 6.07 Å². The summed E-state index contributed by atoms with van der Waals surface area (Å²) in [5, 5.41) is 0.790. The predicted octanol–water partition coefficient (Wildman–Crippen LogP) is 1.98. The lowest BCUT2D eigenvalue weighted by molar-refractivity contribution is 0.182. The van der Waals surface area contributed by atoms with E-state index >= 15 is 0 Å². The number of ether oxygens (including phenoxy) is 3. The molecule has 18 heavy (non-hydrogen) atoms. The molecule has 0 saturated heterocycles. The Labute approximate surface area is 105 Å². The molecule has 1 aromatic carbocycles. The number of anilines is 1. The fourth-order valence-corrected chi connectivity index (χ4v) is 1.89. The van der Waals surface area contributed by atoms with Crippen LogP contribution in [0.3, 0.4) is 0 Å². The van der Waals surface area contributed by atoms with Gasteiger partial charge in [0.05, 0.1) is 37.4 Å². The standard InChI is InChI=1S/C13H16N2O3/c1-16-7-8-4-10(14)13-11(15-8)5-9(17-2)6-12(13)18-3/h4-6H,7H2,1-3H3,(H2,14,15). The number of aromatic nitrogens is 1. The van der Waals surface area contributed by atoms with E-state index < -0.39 is 0 Å². The highest BCUT2D eigenvalue weighted by Crippen LogP contribution is 2.34. The lowest BCUT2D eigenvalue weighted by Crippen LogP contribution is -1.99. The zero-order valence-corrected chi connectivity index (χ0v) is 10.7. The second-order valence-corrected chi connectivity index (χ2v) is 3.86. The van der Waals surface area contributed by atoms with Gasteiger partial charge in [-0.05, 0) is 6.07 Å². The first-order valence-corrected chi connectivity index (χ1v) is 5.49. The molecule has 96 valence electrons. The summed E-state index contributed by atoms with van der Waals surface area (Å²) >= 11 is 0. The van der Waals surface area contributed by atoms with Crippen LogP contribution in [0.25, 0.3) is 10.9 Å². The maximum Gasteiger partial charge on any atom is 0.134 e. The first-order chi connectivity index (χ1) is 8.69. The number of nitrogens with zero attached hydrogens (tertiary/aromatic N) is 1. The normalized spacial score (nSPS) is 10.6. The van der Waals surface area contributed by atoms with E-state index in [2.05, 4.69) is 4.98 Å². The maximum absolute atomic E-state index is 6.04. The first kappa shape index (κ1) is 12.4. The lowest BCUT2D eigenvalue weighted by Gasteiger charge is -2.11. The van der Waals surface area contributed by atoms with E-state index in [0.29, 0.717) is 23.8 Å². The quantitative estimate of drug-likeness (QED) is 0.896. The Morgan fingerprint density at radius 2 is 1.89 bits per heavy atom. The number of fused-ring (bicyclic) bond motifs is 1. The van der Waals surface area contributed by atoms with Crippen molar-refractivity contribution in [2.45, 2.75) is 6.61 Å². The van der Waals surface area contributed by atoms with Crippen LogP contribution in [0.15, 0.2) is 18.2 Å². The maximum atomic E-state index is 6.04. The third-order valence-corrected chi connectivity index (χ3v) is 2.68. The number of rotatable bonds is 4. The van der Waals surface area contributed by atoms with Crippen molar-refractivity contribution in [1.29, 1.82) is 0 Å². The van der Waals surface area contributed by atoms with Crippen LogP contribution < -0.4 is 15.2 Å². The molecule has 0 fully saturated rings. The Hall–Kier alpha value is -2.01. The minimum Gasteiger partial charge on any atom is -0.497 e. The molecule has 0 aliphatic carbocycles. The highest BCUT2D eigenvalue weighted by atomic mass is 16.5. The van der Waals surface area contributed by atoms with Gasteiger partial charge in [0.2, 0.25) is 0 Å². The minimum absolute atomic E-state index is 0.416. The SMILES string of the molecule is COCc1cc(N)c2c(OC)cc(OC)cc2n1. The molecule has 0 atom stereocenters. The number of nitrogens with two attached hydrogens (primary N) is 1. The lowest BCUT2D eigenvalue weighted by atomic mass is 10.1. The third-order valence-electron chi connectivity index (χ3n) is 2.68. The number of pyridine rings is 1. The zero-order valence-electron chi connectivity index (χ0n) is 10.7. The van der Waals surface area contributed by atoms with Crippen LogP contribution in [0.1, 0.15) is 5.69 Å². The molecule has 0 unspecified atom stereocenters. The summed E-state index contributed by atoms with van der Waals surface area (Å²) in [6.07, 6.45) is 0. The fraction of sp³-hybridized carbons (Fsp3) is 0.308. The molecule has 0 radical (unpaired) electrons. The average Bonchev–Trinajstić information content (AvgIpc) is 2.37. The van der Waals surface area contributed by atoms with Crippen LogP contribution in [0.2, 0.25) is 0 Å². The largest absolute Gasteiger partial charge is 0.497 e. The number of hydrogen-bond acceptors (Lipinski definition) is 5. The van der Waals surface area contributed by atoms with Crippen molar-refractivity contribution in [2.75, 3.05) is 27.1 Å². The van der Waals surface area contributed by atoms with Gasteiger partial charge in [-0.3, -0.25) is 0 Å². The Bertz CT molecular complexity index is 570. The molecule has 2 rings (SSSR count). The molecule has 1 heterocycles. The second-order valence-electron chi connectivity index (χ2n) is 3.86. The van der Waals surface area contributed by atoms with Crippen molar-refractivity contribution in [1.82, 2.24) is 4.98 Å². The molecule has 0 saturated carbocycles. The Balaban J connectivity index is 2.70. The van der Waals surface area contributed by atoms with Crippen LogP contribution in [0.5, 0.6) is 11.5 Å². The number of benzene rings is 1. The van der Waals surface area contributed by atoms with Gasteiger partial charge in [-0.2, -0.15) is 0 Å². The molecule has 2 N–H and O–H groups in total. The van der Waals surface area contributed by atoms with E-state index in [4.69, 9.17) is 19.9 Å². The van der Waals surface area contributed by atoms with Crippen molar-refractivity contribution in [2.24, 2.45) is 0 Å². The highest BCUT2D eigenvalue weighted by Gasteiger charge is 2.11. The third kappa shape index (κ3) is 2.17. The van der Waals surface area contributed by atoms with Crippen molar-refractivity contribution in [3.05, 3.63) is 23.9 Å². The molecular weight excluding hydrogens is 232 g/mol. The van der Waals surface area contributed by atoms with Gasteiger partial charge in [-0.1, -0.05) is 0 Å². The number of nitrogen functional groups attached to an aromatic ring is 1. The van der Waals surface area contributed by atoms with Crippen LogP contribution >= 0.6 is 0 Å². The monoisotopic (exact) mass is 248 g/mol. The van der Waals surface area contributed by atoms with E-state index in [-0.39, 0.29) is 0 Å². The van der Waals surface area contributed by atoms with Crippen LogP contribution in [0.4, 0.5) is 5.69 Å². The number of hydrogen-bond donors (Lipinski definition) is 1. The van der Waals surface area contributed by atoms with E-state index in [0.717, 1.165) is 16.6 Å². The average molecular weight is 248 g/mol. The van der Waals surface area contributed by atoms with Gasteiger partial charge in [-0.15, -0.1) is 0 Å². The molecule has 0 amide bonds. The summed E-state index contributed by atoms with van der Waals surface area (Å²) in [5.74, 6) is 1.33. The summed E-state index contributed by atoms with van der Waals surface area (Å²) in [6, 6.07) is 5.41. The Morgan fingerprint density at radius 3 is 2.50 bits per heavy atom. The smallest absolute Gasteiger partial charge is 0.134 e. The van der Waals surface area contributed by atoms with Gasteiger partial charge in [0.25, 0.3) is 0 Å². The summed E-state index contributed by atoms with van der Waals surface area (Å²) < 4.78 is 15.6. The van der Waals surface area contributed by atoms with Crippen molar-refractivity contribution in [3.8, 4) is 11.5 Å². The minimum atomic E-state index is 0.416. The van der Waals surface area contributed by atoms with Crippen molar-refractivity contribution in [3.63, 3.8) is 0 Å². The fourth-order valence-electron chi connectivity index (χ4n) is 1.89. The Kier molecular flexibility index (Phi) is 3.53. The van der Waals surface area contributed by atoms with Crippen molar-refractivity contribution >= 4 is 16.6 Å². The summed E-state index contributed by atoms with van der Waals surface area (Å²) in [6.45, 7) is 0.416. The zero-order chi connectivity index (χ0) is 13.1. The molecular formula is C13H16N2O3. The first-order valence-electron chi connectivity index (χ1n) is 5.49. The molecule has 0 spiro atoms. The summed E-state index contributed by atoms with van der Waals surface area (Å²) in [4.78, 5) is 4.48. The van der Waals surface area contributed by atoms with E-state index in [1.165, 1.54) is 0 Å². The van der Waals surface area contributed by atoms with Crippen LogP contribution in [-0.2, 0) is 11.3 Å². The van der Waals surface area contributed by atoms with Gasteiger partial charge in [0, 0.05) is 24.9 Å². The molecule has 0 aliphatic heterocycles. The number of methoxy groups -OCH3 is 3. The van der Waals surface area contributed by atoms with Gasteiger partial charge in [0.15, 0.2) is 0 Å². The molecule has 0 aliphatic rings. The summed E-state index contributed by atoms with van der Waals surface area (Å²) in [7, 11) is 4.81. The molecule has 1 aromatic heterocycles. The summed E-state index contributed by atoms with van der Waals surface area (Å²) in [5.41, 5.74) is 8.17. The molecule has 0 bridgehead atoms. The van der Waals surface area contributed by atoms with E-state index in [9.17, 15) is 0 Å². The van der Waals surface area contributed by atoms with Crippen LogP contribution in [0, 0.1) is 0 Å². The van der Waals surface area contributed by atoms with Gasteiger partial charge < -0.3 is 19.9 Å². The van der Waals surface area contributed by atoms with Crippen molar-refractivity contribution < 1.29 is 14.2 Å². The van der Waals surface area contributed by atoms with Gasteiger partial charge in [0.1, 0.15) is 11.5 Å². The topological polar surface area (TPSA) is 66.6 Å². The van der Waals surface area contributed by atoms with Gasteiger partial charge >= 0.3 is 0 Å². The molecule has 2 aromatic rings. The highest BCUT2D eigenvalue weighted by molar-refractivity contribution is 5.96. The second kappa shape index (κ2) is 5.10. The molecule has 5 heteroatoms. The van der Waals surface area contributed by atoms with E-state index in [1.54, 1.807) is 33.5 Å². The molecule has 5 nitrogen and oxygen atoms in total.